The lowest BCUT2D eigenvalue weighted by molar-refractivity contribution is 0.665. The number of hydrogen-bond donors (Lipinski definition) is 0. The molecule has 0 saturated carbocycles. The fourth-order valence-corrected chi connectivity index (χ4v) is 17.4. The van der Waals surface area contributed by atoms with Crippen LogP contribution in [0.1, 0.15) is 0 Å². The number of rotatable bonds is 5. The van der Waals surface area contributed by atoms with Gasteiger partial charge < -0.3 is 35.8 Å². The molecule has 0 aliphatic carbocycles. The zero-order valence-electron chi connectivity index (χ0n) is 58.6. The molecule has 107 heavy (non-hydrogen) atoms. The van der Waals surface area contributed by atoms with Crippen molar-refractivity contribution in [1.29, 1.82) is 0 Å². The number of fused-ring (bicyclic) bond motifs is 24. The molecule has 0 spiro atoms. The van der Waals surface area contributed by atoms with Gasteiger partial charge in [-0.3, -0.25) is 0 Å². The van der Waals surface area contributed by atoms with Gasteiger partial charge in [-0.1, -0.05) is 243 Å². The third kappa shape index (κ3) is 9.22. The van der Waals surface area contributed by atoms with E-state index in [1.54, 1.807) is 0 Å². The van der Waals surface area contributed by atoms with Gasteiger partial charge in [0.1, 0.15) is 55.8 Å². The largest absolute Gasteiger partial charge is 0.455 e. The Kier molecular flexibility index (Phi) is 13.3. The monoisotopic (exact) mass is 1370 g/mol. The van der Waals surface area contributed by atoms with E-state index in [1.807, 2.05) is 48.5 Å². The Morgan fingerprint density at radius 3 is 0.673 bits per heavy atom. The quantitative estimate of drug-likeness (QED) is 0.172. The van der Waals surface area contributed by atoms with Gasteiger partial charge in [0.05, 0.1) is 0 Å². The zero-order chi connectivity index (χ0) is 70.7. The van der Waals surface area contributed by atoms with Gasteiger partial charge in [0.25, 0.3) is 0 Å². The van der Waals surface area contributed by atoms with E-state index in [-0.39, 0.29) is 0 Å². The lowest BCUT2D eigenvalue weighted by Crippen LogP contribution is -1.87. The van der Waals surface area contributed by atoms with Crippen molar-refractivity contribution in [3.05, 3.63) is 328 Å². The molecule has 0 fully saturated rings. The Bertz CT molecular complexity index is 7660. The second-order valence-electron chi connectivity index (χ2n) is 28.2. The standard InChI is InChI=1S/2C37H23NO2.C25H17NO/c1-38-32-17-4-2-9-24(32)31-21-22(19-20-33(31)38)23-11-6-13-27-29-15-8-16-30(37(29)40-35(23)27)28-14-7-12-26-25-10-3-5-18-34(25)39-36(26)28;1-38-32-18-16-22(24-10-6-12-28-26-8-2-4-14-34(26)39-36(24)28)20-30(32)31-21-23(17-19-33(31)38)25-11-7-13-29-27-9-3-5-15-35(27)40-37(25)29;1-26-22-11-4-2-7-18(22)21-15-16(13-14-23(21)26)17-9-6-10-20-19-8-3-5-12-24(19)27-25(17)20/h2*2-21H,1H3;2-15H,1H3. The minimum Gasteiger partial charge on any atom is -0.455 e. The van der Waals surface area contributed by atoms with E-state index < -0.39 is 0 Å². The van der Waals surface area contributed by atoms with Crippen molar-refractivity contribution in [3.63, 3.8) is 0 Å². The Balaban J connectivity index is 0.000000102. The van der Waals surface area contributed by atoms with Crippen LogP contribution in [-0.2, 0) is 21.1 Å². The average Bonchev–Trinajstić information content (AvgIpc) is 1.59. The molecule has 0 atom stereocenters. The molecule has 0 saturated heterocycles. The van der Waals surface area contributed by atoms with Gasteiger partial charge in [-0.05, 0) is 107 Å². The number of benzene rings is 16. The van der Waals surface area contributed by atoms with Gasteiger partial charge in [0, 0.05) is 174 Å². The molecule has 504 valence electrons. The van der Waals surface area contributed by atoms with E-state index >= 15 is 0 Å². The summed E-state index contributed by atoms with van der Waals surface area (Å²) >= 11 is 0. The molecule has 8 aromatic heterocycles. The van der Waals surface area contributed by atoms with Gasteiger partial charge in [0.15, 0.2) is 0 Å². The molecule has 24 aromatic rings. The van der Waals surface area contributed by atoms with Crippen molar-refractivity contribution >= 4 is 175 Å². The third-order valence-corrected chi connectivity index (χ3v) is 22.5. The molecule has 0 amide bonds. The molecular weight excluding hydrogens is 1310 g/mol. The molecule has 0 N–H and O–H groups in total. The SMILES string of the molecule is Cn1c2ccc(-c3cccc4c3oc3ccccc34)cc2c2cc(-c3cccc4c3oc3ccccc34)ccc21.Cn1c2ccccc2c2cc(-c3cccc4c3oc3c(-c5cccc6c5oc5ccccc56)cccc34)ccc21.Cn1c2ccccc2c2cc(-c3cccc4c3oc3ccccc34)ccc21. The highest BCUT2D eigenvalue weighted by molar-refractivity contribution is 6.20. The molecule has 0 unspecified atom stereocenters. The van der Waals surface area contributed by atoms with Crippen LogP contribution in [-0.4, -0.2) is 13.7 Å². The van der Waals surface area contributed by atoms with Gasteiger partial charge in [-0.15, -0.1) is 0 Å². The number of nitrogens with zero attached hydrogens (tertiary/aromatic N) is 3. The molecule has 8 nitrogen and oxygen atoms in total. The number of furan rings is 5. The van der Waals surface area contributed by atoms with E-state index in [2.05, 4.69) is 314 Å². The molecule has 24 rings (SSSR count). The van der Waals surface area contributed by atoms with Crippen LogP contribution >= 0.6 is 0 Å². The van der Waals surface area contributed by atoms with Crippen molar-refractivity contribution in [3.8, 4) is 55.6 Å². The maximum Gasteiger partial charge on any atom is 0.143 e. The maximum atomic E-state index is 6.80. The first kappa shape index (κ1) is 60.5. The summed E-state index contributed by atoms with van der Waals surface area (Å²) in [6.45, 7) is 0. The second-order valence-corrected chi connectivity index (χ2v) is 28.2. The topological polar surface area (TPSA) is 80.5 Å². The van der Waals surface area contributed by atoms with E-state index in [0.29, 0.717) is 0 Å². The van der Waals surface area contributed by atoms with Crippen LogP contribution in [0.25, 0.3) is 231 Å². The second kappa shape index (κ2) is 23.5. The number of para-hydroxylation sites is 12. The zero-order valence-corrected chi connectivity index (χ0v) is 58.6. The summed E-state index contributed by atoms with van der Waals surface area (Å²) in [6.07, 6.45) is 0. The van der Waals surface area contributed by atoms with Crippen LogP contribution in [0.15, 0.2) is 350 Å². The number of aromatic nitrogens is 3. The van der Waals surface area contributed by atoms with Crippen molar-refractivity contribution in [1.82, 2.24) is 13.7 Å². The van der Waals surface area contributed by atoms with Gasteiger partial charge in [-0.2, -0.15) is 0 Å². The van der Waals surface area contributed by atoms with Crippen LogP contribution < -0.4 is 0 Å². The Labute approximate surface area is 611 Å². The average molecular weight is 1370 g/mol. The van der Waals surface area contributed by atoms with Crippen molar-refractivity contribution in [2.24, 2.45) is 21.1 Å². The minimum absolute atomic E-state index is 0.879. The van der Waals surface area contributed by atoms with Crippen molar-refractivity contribution in [2.45, 2.75) is 0 Å². The summed E-state index contributed by atoms with van der Waals surface area (Å²) in [6, 6.07) is 116. The van der Waals surface area contributed by atoms with Crippen LogP contribution in [0.2, 0.25) is 0 Å². The first-order valence-corrected chi connectivity index (χ1v) is 36.4. The molecule has 0 aliphatic rings. The predicted molar refractivity (Wildman–Crippen MR) is 445 cm³/mol. The highest BCUT2D eigenvalue weighted by Gasteiger charge is 2.23. The lowest BCUT2D eigenvalue weighted by Gasteiger charge is -2.05. The molecule has 8 heteroatoms. The van der Waals surface area contributed by atoms with E-state index in [1.165, 1.54) is 81.8 Å². The normalized spacial score (nSPS) is 12.1. The fraction of sp³-hybridized carbons (Fsp3) is 0.0303. The fourth-order valence-electron chi connectivity index (χ4n) is 17.4. The van der Waals surface area contributed by atoms with Crippen LogP contribution in [0.4, 0.5) is 0 Å². The molecular formula is C99H63N3O5. The molecule has 0 bridgehead atoms. The van der Waals surface area contributed by atoms with Gasteiger partial charge in [0.2, 0.25) is 0 Å². The highest BCUT2D eigenvalue weighted by atomic mass is 16.3. The minimum atomic E-state index is 0.879. The molecule has 0 radical (unpaired) electrons. The first-order valence-electron chi connectivity index (χ1n) is 36.4. The van der Waals surface area contributed by atoms with Crippen LogP contribution in [0.5, 0.6) is 0 Å². The highest BCUT2D eigenvalue weighted by Crippen LogP contribution is 2.47. The van der Waals surface area contributed by atoms with Crippen LogP contribution in [0, 0.1) is 0 Å². The summed E-state index contributed by atoms with van der Waals surface area (Å²) < 4.78 is 39.0. The van der Waals surface area contributed by atoms with Gasteiger partial charge in [-0.25, -0.2) is 0 Å². The number of aryl methyl sites for hydroxylation is 3. The molecule has 16 aromatic carbocycles. The molecule has 8 heterocycles. The smallest absolute Gasteiger partial charge is 0.143 e. The Morgan fingerprint density at radius 2 is 0.364 bits per heavy atom. The van der Waals surface area contributed by atoms with Crippen molar-refractivity contribution in [2.75, 3.05) is 0 Å². The lowest BCUT2D eigenvalue weighted by atomic mass is 9.98. The van der Waals surface area contributed by atoms with Crippen molar-refractivity contribution < 1.29 is 22.1 Å². The summed E-state index contributed by atoms with van der Waals surface area (Å²) in [5.41, 5.74) is 27.7. The summed E-state index contributed by atoms with van der Waals surface area (Å²) in [4.78, 5) is 0. The molecule has 0 aliphatic heterocycles. The first-order chi connectivity index (χ1) is 52.8. The Morgan fingerprint density at radius 1 is 0.159 bits per heavy atom. The van der Waals surface area contributed by atoms with E-state index in [4.69, 9.17) is 22.1 Å². The van der Waals surface area contributed by atoms with Gasteiger partial charge >= 0.3 is 0 Å². The van der Waals surface area contributed by atoms with Crippen LogP contribution in [0.3, 0.4) is 0 Å². The maximum absolute atomic E-state index is 6.80. The predicted octanol–water partition coefficient (Wildman–Crippen LogP) is 27.8. The summed E-state index contributed by atoms with van der Waals surface area (Å²) in [5, 5.41) is 18.9. The number of hydrogen-bond acceptors (Lipinski definition) is 5. The van der Waals surface area contributed by atoms with E-state index in [0.717, 1.165) is 149 Å². The Hall–Kier alpha value is -14.1. The summed E-state index contributed by atoms with van der Waals surface area (Å²) in [7, 11) is 6.41. The van der Waals surface area contributed by atoms with E-state index in [9.17, 15) is 0 Å². The summed E-state index contributed by atoms with van der Waals surface area (Å²) in [5.74, 6) is 0. The third-order valence-electron chi connectivity index (χ3n) is 22.5.